The average molecular weight is 191 g/mol. The lowest BCUT2D eigenvalue weighted by Gasteiger charge is -2.07. The topological polar surface area (TPSA) is 37.0 Å². The Hall–Kier alpha value is -1.30. The first kappa shape index (κ1) is 9.79. The number of nitrogens with one attached hydrogen (secondary N) is 2. The molecule has 1 aromatic rings. The fourth-order valence-corrected chi connectivity index (χ4v) is 0.780. The third-order valence-electron chi connectivity index (χ3n) is 1.32. The van der Waals surface area contributed by atoms with Gasteiger partial charge in [0.25, 0.3) is 0 Å². The van der Waals surface area contributed by atoms with Gasteiger partial charge in [-0.15, -0.1) is 0 Å². The van der Waals surface area contributed by atoms with E-state index in [-0.39, 0.29) is 0 Å². The smallest absolute Gasteiger partial charge is 0.320 e. The molecule has 0 unspecified atom stereocenters. The molecule has 0 spiro atoms. The van der Waals surface area contributed by atoms with Crippen molar-refractivity contribution < 1.29 is 13.2 Å². The van der Waals surface area contributed by atoms with Gasteiger partial charge in [-0.2, -0.15) is 13.2 Å². The maximum Gasteiger partial charge on any atom is 0.433 e. The van der Waals surface area contributed by atoms with Gasteiger partial charge in [0, 0.05) is 7.05 Å². The van der Waals surface area contributed by atoms with Crippen molar-refractivity contribution >= 4 is 5.69 Å². The van der Waals surface area contributed by atoms with Gasteiger partial charge < -0.3 is 5.43 Å². The molecule has 0 radical (unpaired) electrons. The molecule has 3 nitrogen and oxygen atoms in total. The van der Waals surface area contributed by atoms with Gasteiger partial charge in [-0.25, -0.2) is 10.4 Å². The molecular weight excluding hydrogens is 183 g/mol. The first-order valence-corrected chi connectivity index (χ1v) is 3.50. The Labute approximate surface area is 72.9 Å². The highest BCUT2D eigenvalue weighted by Gasteiger charge is 2.31. The number of hydrogen-bond donors (Lipinski definition) is 2. The van der Waals surface area contributed by atoms with Crippen LogP contribution in [0.2, 0.25) is 0 Å². The minimum atomic E-state index is -4.38. The fourth-order valence-electron chi connectivity index (χ4n) is 0.780. The molecule has 13 heavy (non-hydrogen) atoms. The molecule has 0 amide bonds. The molecule has 0 atom stereocenters. The Bertz CT molecular complexity index is 267. The molecule has 0 aromatic carbocycles. The number of hydrazine groups is 1. The summed E-state index contributed by atoms with van der Waals surface area (Å²) in [4.78, 5) is 3.24. The van der Waals surface area contributed by atoms with Crippen LogP contribution in [0.5, 0.6) is 0 Å². The molecule has 72 valence electrons. The molecule has 0 saturated heterocycles. The van der Waals surface area contributed by atoms with Crippen molar-refractivity contribution in [2.45, 2.75) is 6.18 Å². The third-order valence-corrected chi connectivity index (χ3v) is 1.32. The molecule has 6 heteroatoms. The average Bonchev–Trinajstić information content (AvgIpc) is 2.04. The molecule has 1 rings (SSSR count). The fraction of sp³-hybridized carbons (Fsp3) is 0.286. The van der Waals surface area contributed by atoms with Gasteiger partial charge in [0.2, 0.25) is 0 Å². The number of hydrogen-bond acceptors (Lipinski definition) is 3. The van der Waals surface area contributed by atoms with Crippen molar-refractivity contribution in [1.29, 1.82) is 0 Å². The standard InChI is InChI=1S/C7H8F3N3/c1-11-13-5-2-3-6(12-4-5)7(8,9)10/h2-4,11,13H,1H3. The second kappa shape index (κ2) is 3.61. The molecule has 0 bridgehead atoms. The summed E-state index contributed by atoms with van der Waals surface area (Å²) in [7, 11) is 1.61. The van der Waals surface area contributed by atoms with E-state index in [0.29, 0.717) is 5.69 Å². The summed E-state index contributed by atoms with van der Waals surface area (Å²) >= 11 is 0. The molecule has 0 aliphatic carbocycles. The lowest BCUT2D eigenvalue weighted by atomic mass is 10.3. The van der Waals surface area contributed by atoms with Crippen LogP contribution in [0.4, 0.5) is 18.9 Å². The van der Waals surface area contributed by atoms with E-state index in [0.717, 1.165) is 12.3 Å². The van der Waals surface area contributed by atoms with Gasteiger partial charge in [0.05, 0.1) is 11.9 Å². The van der Waals surface area contributed by atoms with E-state index in [1.54, 1.807) is 7.05 Å². The third kappa shape index (κ3) is 2.59. The zero-order chi connectivity index (χ0) is 9.90. The highest BCUT2D eigenvalue weighted by Crippen LogP contribution is 2.27. The van der Waals surface area contributed by atoms with Crippen molar-refractivity contribution in [1.82, 2.24) is 10.4 Å². The minimum absolute atomic E-state index is 0.482. The number of halogens is 3. The van der Waals surface area contributed by atoms with Crippen LogP contribution in [0.15, 0.2) is 18.3 Å². The summed E-state index contributed by atoms with van der Waals surface area (Å²) in [5.41, 5.74) is 4.76. The van der Waals surface area contributed by atoms with E-state index in [9.17, 15) is 13.2 Å². The summed E-state index contributed by atoms with van der Waals surface area (Å²) in [6.07, 6.45) is -3.27. The van der Waals surface area contributed by atoms with E-state index in [1.165, 1.54) is 6.07 Å². The number of anilines is 1. The quantitative estimate of drug-likeness (QED) is 0.698. The van der Waals surface area contributed by atoms with Crippen LogP contribution in [0.1, 0.15) is 5.69 Å². The number of rotatable bonds is 2. The van der Waals surface area contributed by atoms with Gasteiger partial charge in [-0.3, -0.25) is 0 Å². The number of alkyl halides is 3. The lowest BCUT2D eigenvalue weighted by molar-refractivity contribution is -0.141. The highest BCUT2D eigenvalue weighted by atomic mass is 19.4. The van der Waals surface area contributed by atoms with Crippen LogP contribution in [0.25, 0.3) is 0 Å². The summed E-state index contributed by atoms with van der Waals surface area (Å²) in [5.74, 6) is 0. The van der Waals surface area contributed by atoms with Crippen LogP contribution in [0.3, 0.4) is 0 Å². The van der Waals surface area contributed by atoms with E-state index in [4.69, 9.17) is 0 Å². The summed E-state index contributed by atoms with van der Waals surface area (Å²) in [6.45, 7) is 0. The van der Waals surface area contributed by atoms with Crippen LogP contribution in [-0.4, -0.2) is 12.0 Å². The number of nitrogens with zero attached hydrogens (tertiary/aromatic N) is 1. The monoisotopic (exact) mass is 191 g/mol. The van der Waals surface area contributed by atoms with Crippen LogP contribution in [-0.2, 0) is 6.18 Å². The first-order valence-electron chi connectivity index (χ1n) is 3.50. The molecule has 1 aromatic heterocycles. The second-order valence-electron chi connectivity index (χ2n) is 2.30. The normalized spacial score (nSPS) is 11.4. The van der Waals surface area contributed by atoms with E-state index < -0.39 is 11.9 Å². The number of pyridine rings is 1. The minimum Gasteiger partial charge on any atom is -0.320 e. The highest BCUT2D eigenvalue weighted by molar-refractivity contribution is 5.39. The lowest BCUT2D eigenvalue weighted by Crippen LogP contribution is -2.15. The van der Waals surface area contributed by atoms with E-state index in [1.807, 2.05) is 0 Å². The maximum absolute atomic E-state index is 12.0. The largest absolute Gasteiger partial charge is 0.433 e. The maximum atomic E-state index is 12.0. The van der Waals surface area contributed by atoms with Crippen molar-refractivity contribution in [2.24, 2.45) is 0 Å². The SMILES string of the molecule is CNNc1ccc(C(F)(F)F)nc1. The predicted octanol–water partition coefficient (Wildman–Crippen LogP) is 1.65. The zero-order valence-corrected chi connectivity index (χ0v) is 6.81. The molecule has 0 aliphatic heterocycles. The molecule has 0 aliphatic rings. The van der Waals surface area contributed by atoms with Gasteiger partial charge >= 0.3 is 6.18 Å². The van der Waals surface area contributed by atoms with Crippen molar-refractivity contribution in [3.05, 3.63) is 24.0 Å². The Morgan fingerprint density at radius 1 is 1.31 bits per heavy atom. The Balaban J connectivity index is 2.81. The van der Waals surface area contributed by atoms with Gasteiger partial charge in [0.1, 0.15) is 5.69 Å². The van der Waals surface area contributed by atoms with Crippen molar-refractivity contribution in [3.8, 4) is 0 Å². The Kier molecular flexibility index (Phi) is 2.72. The van der Waals surface area contributed by atoms with Crippen molar-refractivity contribution in [2.75, 3.05) is 12.5 Å². The summed E-state index contributed by atoms with van der Waals surface area (Å²) in [6, 6.07) is 2.21. The number of aromatic nitrogens is 1. The molecule has 0 saturated carbocycles. The van der Waals surface area contributed by atoms with Crippen LogP contribution in [0, 0.1) is 0 Å². The van der Waals surface area contributed by atoms with E-state index >= 15 is 0 Å². The first-order chi connectivity index (χ1) is 6.04. The summed E-state index contributed by atoms with van der Waals surface area (Å²) < 4.78 is 36.0. The molecule has 1 heterocycles. The van der Waals surface area contributed by atoms with Gasteiger partial charge in [-0.1, -0.05) is 0 Å². The van der Waals surface area contributed by atoms with Crippen molar-refractivity contribution in [3.63, 3.8) is 0 Å². The second-order valence-corrected chi connectivity index (χ2v) is 2.30. The molecular formula is C7H8F3N3. The van der Waals surface area contributed by atoms with Crippen LogP contribution >= 0.6 is 0 Å². The van der Waals surface area contributed by atoms with E-state index in [2.05, 4.69) is 15.8 Å². The Morgan fingerprint density at radius 2 is 2.00 bits per heavy atom. The molecule has 2 N–H and O–H groups in total. The zero-order valence-electron chi connectivity index (χ0n) is 6.81. The van der Waals surface area contributed by atoms with Gasteiger partial charge in [-0.05, 0) is 12.1 Å². The predicted molar refractivity (Wildman–Crippen MR) is 41.9 cm³/mol. The van der Waals surface area contributed by atoms with Gasteiger partial charge in [0.15, 0.2) is 0 Å². The Morgan fingerprint density at radius 3 is 2.38 bits per heavy atom. The molecule has 0 fully saturated rings. The van der Waals surface area contributed by atoms with Crippen LogP contribution < -0.4 is 10.9 Å². The summed E-state index contributed by atoms with van der Waals surface area (Å²) in [5, 5.41) is 0.